The number of nitrogens with one attached hydrogen (secondary N) is 1. The number of benzene rings is 2. The lowest BCUT2D eigenvalue weighted by atomic mass is 10.2. The average molecular weight is 368 g/mol. The number of rotatable bonds is 8. The second-order valence-electron chi connectivity index (χ2n) is 6.08. The van der Waals surface area contributed by atoms with Crippen LogP contribution in [-0.2, 0) is 17.3 Å². The van der Waals surface area contributed by atoms with Crippen molar-refractivity contribution in [1.82, 2.24) is 5.32 Å². The second-order valence-corrected chi connectivity index (χ2v) is 8.89. The van der Waals surface area contributed by atoms with Gasteiger partial charge < -0.3 is 15.3 Å². The van der Waals surface area contributed by atoms with E-state index in [4.69, 9.17) is 11.6 Å². The SMILES string of the molecule is Cc1ccc(CP(=O)(O)C[C@H](O)CNCc2ccc(Cl)cc2)cc1. The minimum atomic E-state index is -3.41. The molecule has 0 aliphatic rings. The van der Waals surface area contributed by atoms with Crippen LogP contribution in [0.15, 0.2) is 48.5 Å². The normalized spacial score (nSPS) is 15.0. The Hall–Kier alpha value is -1.16. The molecule has 6 heteroatoms. The fraction of sp³-hybridized carbons (Fsp3) is 0.333. The molecule has 1 unspecified atom stereocenters. The zero-order chi connectivity index (χ0) is 17.6. The third-order valence-electron chi connectivity index (χ3n) is 3.67. The molecule has 2 rings (SSSR count). The molecular formula is C18H23ClNO3P. The second kappa shape index (κ2) is 8.80. The monoisotopic (exact) mass is 367 g/mol. The summed E-state index contributed by atoms with van der Waals surface area (Å²) >= 11 is 5.82. The van der Waals surface area contributed by atoms with Crippen LogP contribution in [0.4, 0.5) is 0 Å². The van der Waals surface area contributed by atoms with E-state index < -0.39 is 13.5 Å². The van der Waals surface area contributed by atoms with Crippen molar-refractivity contribution in [2.24, 2.45) is 0 Å². The Labute approximate surface area is 147 Å². The molecule has 2 atom stereocenters. The molecule has 0 aromatic heterocycles. The van der Waals surface area contributed by atoms with Gasteiger partial charge in [0, 0.05) is 24.3 Å². The predicted octanol–water partition coefficient (Wildman–Crippen LogP) is 3.57. The Balaban J connectivity index is 1.77. The Morgan fingerprint density at radius 2 is 1.67 bits per heavy atom. The third-order valence-corrected chi connectivity index (χ3v) is 5.77. The first kappa shape index (κ1) is 19.2. The van der Waals surface area contributed by atoms with Gasteiger partial charge in [0.2, 0.25) is 7.37 Å². The van der Waals surface area contributed by atoms with Crippen LogP contribution in [0.2, 0.25) is 5.02 Å². The van der Waals surface area contributed by atoms with Crippen molar-refractivity contribution in [2.45, 2.75) is 25.7 Å². The molecule has 130 valence electrons. The zero-order valence-corrected chi connectivity index (χ0v) is 15.3. The van der Waals surface area contributed by atoms with Crippen molar-refractivity contribution in [1.29, 1.82) is 0 Å². The molecule has 0 spiro atoms. The molecule has 0 radical (unpaired) electrons. The van der Waals surface area contributed by atoms with E-state index >= 15 is 0 Å². The maximum Gasteiger partial charge on any atom is 0.207 e. The van der Waals surface area contributed by atoms with Crippen LogP contribution in [0.25, 0.3) is 0 Å². The number of aryl methyl sites for hydroxylation is 1. The average Bonchev–Trinajstić information content (AvgIpc) is 2.51. The smallest absolute Gasteiger partial charge is 0.207 e. The minimum absolute atomic E-state index is 0.0848. The van der Waals surface area contributed by atoms with Gasteiger partial charge in [0.15, 0.2) is 0 Å². The number of halogens is 1. The third kappa shape index (κ3) is 6.76. The van der Waals surface area contributed by atoms with E-state index in [-0.39, 0.29) is 18.9 Å². The summed E-state index contributed by atoms with van der Waals surface area (Å²) in [6.07, 6.45) is -0.894. The van der Waals surface area contributed by atoms with Crippen LogP contribution in [0, 0.1) is 6.92 Å². The van der Waals surface area contributed by atoms with E-state index in [0.717, 1.165) is 16.7 Å². The van der Waals surface area contributed by atoms with Crippen LogP contribution in [-0.4, -0.2) is 28.8 Å². The molecule has 2 aromatic rings. The summed E-state index contributed by atoms with van der Waals surface area (Å²) in [4.78, 5) is 10.1. The molecule has 24 heavy (non-hydrogen) atoms. The Bertz CT molecular complexity index is 688. The van der Waals surface area contributed by atoms with Gasteiger partial charge in [-0.1, -0.05) is 53.6 Å². The van der Waals surface area contributed by atoms with E-state index in [1.807, 2.05) is 43.3 Å². The summed E-state index contributed by atoms with van der Waals surface area (Å²) in [5.41, 5.74) is 2.96. The molecule has 0 aliphatic heterocycles. The molecule has 0 fully saturated rings. The largest absolute Gasteiger partial charge is 0.391 e. The first-order chi connectivity index (χ1) is 11.3. The van der Waals surface area contributed by atoms with Gasteiger partial charge >= 0.3 is 0 Å². The zero-order valence-electron chi connectivity index (χ0n) is 13.7. The molecule has 2 aromatic carbocycles. The van der Waals surface area contributed by atoms with Gasteiger partial charge in [-0.05, 0) is 30.2 Å². The lowest BCUT2D eigenvalue weighted by molar-refractivity contribution is 0.190. The molecule has 0 aliphatic carbocycles. The van der Waals surface area contributed by atoms with Gasteiger partial charge in [-0.3, -0.25) is 4.57 Å². The van der Waals surface area contributed by atoms with Crippen molar-refractivity contribution in [3.05, 3.63) is 70.2 Å². The lowest BCUT2D eigenvalue weighted by Gasteiger charge is -2.17. The topological polar surface area (TPSA) is 69.6 Å². The van der Waals surface area contributed by atoms with Gasteiger partial charge in [-0.15, -0.1) is 0 Å². The van der Waals surface area contributed by atoms with E-state index in [1.54, 1.807) is 12.1 Å². The standard InChI is InChI=1S/C18H23ClNO3P/c1-14-2-4-16(5-3-14)12-24(22,23)13-18(21)11-20-10-15-6-8-17(19)9-7-15/h2-9,18,20-21H,10-13H2,1H3,(H,22,23)/t18-/m1/s1. The molecule has 0 heterocycles. The van der Waals surface area contributed by atoms with E-state index in [9.17, 15) is 14.6 Å². The maximum absolute atomic E-state index is 12.3. The van der Waals surface area contributed by atoms with Gasteiger partial charge in [0.1, 0.15) is 0 Å². The van der Waals surface area contributed by atoms with Crippen LogP contribution in [0.1, 0.15) is 16.7 Å². The Morgan fingerprint density at radius 1 is 1.08 bits per heavy atom. The summed E-state index contributed by atoms with van der Waals surface area (Å²) in [7, 11) is -3.41. The Kier molecular flexibility index (Phi) is 7.02. The molecule has 0 saturated carbocycles. The van der Waals surface area contributed by atoms with E-state index in [1.165, 1.54) is 0 Å². The number of hydrogen-bond donors (Lipinski definition) is 3. The highest BCUT2D eigenvalue weighted by Gasteiger charge is 2.23. The maximum atomic E-state index is 12.3. The van der Waals surface area contributed by atoms with Crippen molar-refractivity contribution >= 4 is 19.0 Å². The number of hydrogen-bond acceptors (Lipinski definition) is 3. The molecule has 0 amide bonds. The lowest BCUT2D eigenvalue weighted by Crippen LogP contribution is -2.29. The number of aliphatic hydroxyl groups excluding tert-OH is 1. The molecular weight excluding hydrogens is 345 g/mol. The van der Waals surface area contributed by atoms with Crippen molar-refractivity contribution < 1.29 is 14.6 Å². The van der Waals surface area contributed by atoms with Gasteiger partial charge in [-0.25, -0.2) is 0 Å². The van der Waals surface area contributed by atoms with Crippen molar-refractivity contribution in [2.75, 3.05) is 12.7 Å². The van der Waals surface area contributed by atoms with Crippen molar-refractivity contribution in [3.8, 4) is 0 Å². The highest BCUT2D eigenvalue weighted by atomic mass is 35.5. The molecule has 0 saturated heterocycles. The fourth-order valence-corrected chi connectivity index (χ4v) is 4.25. The highest BCUT2D eigenvalue weighted by molar-refractivity contribution is 7.57. The first-order valence-corrected chi connectivity index (χ1v) is 10.2. The van der Waals surface area contributed by atoms with Crippen LogP contribution >= 0.6 is 19.0 Å². The van der Waals surface area contributed by atoms with Crippen LogP contribution in [0.3, 0.4) is 0 Å². The van der Waals surface area contributed by atoms with Crippen LogP contribution in [0.5, 0.6) is 0 Å². The van der Waals surface area contributed by atoms with E-state index in [0.29, 0.717) is 11.6 Å². The highest BCUT2D eigenvalue weighted by Crippen LogP contribution is 2.44. The molecule has 0 bridgehead atoms. The van der Waals surface area contributed by atoms with E-state index in [2.05, 4.69) is 5.32 Å². The summed E-state index contributed by atoms with van der Waals surface area (Å²) in [5.74, 6) is 0. The summed E-state index contributed by atoms with van der Waals surface area (Å²) in [5, 5.41) is 13.8. The molecule has 4 nitrogen and oxygen atoms in total. The van der Waals surface area contributed by atoms with Gasteiger partial charge in [-0.2, -0.15) is 0 Å². The molecule has 3 N–H and O–H groups in total. The summed E-state index contributed by atoms with van der Waals surface area (Å²) in [6, 6.07) is 14.9. The summed E-state index contributed by atoms with van der Waals surface area (Å²) in [6.45, 7) is 2.81. The minimum Gasteiger partial charge on any atom is -0.391 e. The fourth-order valence-electron chi connectivity index (χ4n) is 2.42. The van der Waals surface area contributed by atoms with Crippen LogP contribution < -0.4 is 5.32 Å². The quantitative estimate of drug-likeness (QED) is 0.624. The Morgan fingerprint density at radius 3 is 2.29 bits per heavy atom. The first-order valence-electron chi connectivity index (χ1n) is 7.84. The van der Waals surface area contributed by atoms with Gasteiger partial charge in [0.25, 0.3) is 0 Å². The number of aliphatic hydroxyl groups is 1. The van der Waals surface area contributed by atoms with Gasteiger partial charge in [0.05, 0.1) is 12.3 Å². The van der Waals surface area contributed by atoms with Crippen molar-refractivity contribution in [3.63, 3.8) is 0 Å². The predicted molar refractivity (Wildman–Crippen MR) is 98.7 cm³/mol. The summed E-state index contributed by atoms with van der Waals surface area (Å²) < 4.78 is 12.3.